The maximum absolute atomic E-state index is 5.07. The number of aromatic nitrogens is 1. The molecule has 1 heteroatoms. The Kier molecular flexibility index (Phi) is 3.05. The van der Waals surface area contributed by atoms with Gasteiger partial charge in [0.15, 0.2) is 0 Å². The van der Waals surface area contributed by atoms with Crippen LogP contribution in [0.3, 0.4) is 0 Å². The van der Waals surface area contributed by atoms with Crippen molar-refractivity contribution in [1.82, 2.24) is 4.98 Å². The SMILES string of the molecule is Cc1nc2c(c3ccccc13)Cc1c-2ccc2c3ccccc3c3ccccc3c12. The van der Waals surface area contributed by atoms with Gasteiger partial charge in [0.05, 0.1) is 5.69 Å². The maximum Gasteiger partial charge on any atom is 0.0750 e. The van der Waals surface area contributed by atoms with Gasteiger partial charge in [0, 0.05) is 23.1 Å². The van der Waals surface area contributed by atoms with E-state index in [9.17, 15) is 0 Å². The van der Waals surface area contributed by atoms with E-state index in [4.69, 9.17) is 4.98 Å². The third-order valence-electron chi connectivity index (χ3n) is 6.83. The van der Waals surface area contributed by atoms with Crippen LogP contribution in [0.1, 0.15) is 16.8 Å². The quantitative estimate of drug-likeness (QED) is 0.247. The number of aryl methyl sites for hydroxylation is 1. The molecule has 0 unspecified atom stereocenters. The number of pyridine rings is 1. The molecule has 0 bridgehead atoms. The summed E-state index contributed by atoms with van der Waals surface area (Å²) in [5.74, 6) is 0. The second-order valence-corrected chi connectivity index (χ2v) is 8.35. The van der Waals surface area contributed by atoms with Crippen LogP contribution in [0.5, 0.6) is 0 Å². The molecule has 1 heterocycles. The van der Waals surface area contributed by atoms with E-state index in [2.05, 4.69) is 91.9 Å². The van der Waals surface area contributed by atoms with E-state index >= 15 is 0 Å². The van der Waals surface area contributed by atoms with Crippen molar-refractivity contribution in [2.45, 2.75) is 13.3 Å². The Balaban J connectivity index is 1.68. The molecular formula is C29H19N. The summed E-state index contributed by atoms with van der Waals surface area (Å²) >= 11 is 0. The lowest BCUT2D eigenvalue weighted by Gasteiger charge is -2.13. The molecule has 140 valence electrons. The molecule has 5 aromatic carbocycles. The van der Waals surface area contributed by atoms with Crippen molar-refractivity contribution in [1.29, 1.82) is 0 Å². The fourth-order valence-corrected chi connectivity index (χ4v) is 5.54. The van der Waals surface area contributed by atoms with Crippen molar-refractivity contribution in [3.05, 3.63) is 102 Å². The number of rotatable bonds is 0. The van der Waals surface area contributed by atoms with Crippen LogP contribution in [0, 0.1) is 6.92 Å². The fraction of sp³-hybridized carbons (Fsp3) is 0.0690. The number of nitrogens with zero attached hydrogens (tertiary/aromatic N) is 1. The zero-order chi connectivity index (χ0) is 19.8. The van der Waals surface area contributed by atoms with Gasteiger partial charge in [-0.25, -0.2) is 0 Å². The first kappa shape index (κ1) is 16.1. The fourth-order valence-electron chi connectivity index (χ4n) is 5.54. The number of benzene rings is 5. The molecule has 0 N–H and O–H groups in total. The second kappa shape index (κ2) is 5.67. The molecule has 0 radical (unpaired) electrons. The van der Waals surface area contributed by atoms with E-state index in [0.29, 0.717) is 0 Å². The van der Waals surface area contributed by atoms with Crippen LogP contribution >= 0.6 is 0 Å². The lowest BCUT2D eigenvalue weighted by atomic mass is 9.90. The topological polar surface area (TPSA) is 12.9 Å². The van der Waals surface area contributed by atoms with Crippen molar-refractivity contribution in [2.24, 2.45) is 0 Å². The smallest absolute Gasteiger partial charge is 0.0750 e. The van der Waals surface area contributed by atoms with Crippen LogP contribution < -0.4 is 0 Å². The first-order valence-corrected chi connectivity index (χ1v) is 10.5. The molecule has 1 aliphatic carbocycles. The lowest BCUT2D eigenvalue weighted by molar-refractivity contribution is 1.21. The van der Waals surface area contributed by atoms with E-state index in [1.165, 1.54) is 65.5 Å². The minimum absolute atomic E-state index is 0.943. The van der Waals surface area contributed by atoms with Crippen LogP contribution in [0.4, 0.5) is 0 Å². The summed E-state index contributed by atoms with van der Waals surface area (Å²) in [5.41, 5.74) is 6.37. The lowest BCUT2D eigenvalue weighted by Crippen LogP contribution is -1.92. The Morgan fingerprint density at radius 1 is 0.533 bits per heavy atom. The predicted octanol–water partition coefficient (Wildman–Crippen LogP) is 7.57. The van der Waals surface area contributed by atoms with E-state index in [-0.39, 0.29) is 0 Å². The van der Waals surface area contributed by atoms with Crippen LogP contribution in [0.25, 0.3) is 54.3 Å². The molecule has 0 saturated carbocycles. The summed E-state index contributed by atoms with van der Waals surface area (Å²) in [4.78, 5) is 5.07. The van der Waals surface area contributed by atoms with Crippen molar-refractivity contribution in [2.75, 3.05) is 0 Å². The summed E-state index contributed by atoms with van der Waals surface area (Å²) in [6, 6.07) is 31.0. The summed E-state index contributed by atoms with van der Waals surface area (Å²) < 4.78 is 0. The summed E-state index contributed by atoms with van der Waals surface area (Å²) in [6.07, 6.45) is 0.943. The molecular weight excluding hydrogens is 362 g/mol. The van der Waals surface area contributed by atoms with Gasteiger partial charge >= 0.3 is 0 Å². The van der Waals surface area contributed by atoms with E-state index in [1.807, 2.05) is 0 Å². The van der Waals surface area contributed by atoms with Gasteiger partial charge < -0.3 is 0 Å². The monoisotopic (exact) mass is 381 g/mol. The molecule has 1 nitrogen and oxygen atoms in total. The molecule has 0 atom stereocenters. The largest absolute Gasteiger partial charge is 0.252 e. The number of hydrogen-bond donors (Lipinski definition) is 0. The Morgan fingerprint density at radius 2 is 1.07 bits per heavy atom. The Bertz CT molecular complexity index is 1640. The second-order valence-electron chi connectivity index (χ2n) is 8.35. The minimum Gasteiger partial charge on any atom is -0.252 e. The molecule has 1 aromatic heterocycles. The van der Waals surface area contributed by atoms with Gasteiger partial charge in [-0.15, -0.1) is 0 Å². The normalized spacial score (nSPS) is 12.7. The third-order valence-corrected chi connectivity index (χ3v) is 6.83. The highest BCUT2D eigenvalue weighted by molar-refractivity contribution is 6.27. The van der Waals surface area contributed by atoms with Crippen LogP contribution in [-0.2, 0) is 6.42 Å². The Morgan fingerprint density at radius 3 is 1.77 bits per heavy atom. The van der Waals surface area contributed by atoms with E-state index < -0.39 is 0 Å². The number of hydrogen-bond acceptors (Lipinski definition) is 1. The van der Waals surface area contributed by atoms with Gasteiger partial charge in [-0.1, -0.05) is 84.9 Å². The summed E-state index contributed by atoms with van der Waals surface area (Å²) in [7, 11) is 0. The van der Waals surface area contributed by atoms with Gasteiger partial charge in [-0.05, 0) is 55.8 Å². The molecule has 1 aliphatic rings. The molecule has 7 rings (SSSR count). The molecule has 0 fully saturated rings. The first-order valence-electron chi connectivity index (χ1n) is 10.5. The molecule has 30 heavy (non-hydrogen) atoms. The van der Waals surface area contributed by atoms with Crippen LogP contribution in [0.15, 0.2) is 84.9 Å². The predicted molar refractivity (Wildman–Crippen MR) is 127 cm³/mol. The van der Waals surface area contributed by atoms with E-state index in [1.54, 1.807) is 0 Å². The standard InChI is InChI=1S/C29H19N/c1-17-18-8-2-3-9-19(18)27-16-26-25(29(27)30-17)15-14-24-22-12-5-4-10-20(22)21-11-6-7-13-23(21)28(24)26/h2-15H,16H2,1H3. The highest BCUT2D eigenvalue weighted by atomic mass is 14.7. The van der Waals surface area contributed by atoms with Gasteiger partial charge in [0.1, 0.15) is 0 Å². The number of fused-ring (bicyclic) bond motifs is 12. The minimum atomic E-state index is 0.943. The molecule has 0 spiro atoms. The van der Waals surface area contributed by atoms with Crippen molar-refractivity contribution in [3.8, 4) is 11.3 Å². The summed E-state index contributed by atoms with van der Waals surface area (Å²) in [6.45, 7) is 2.13. The highest BCUT2D eigenvalue weighted by Crippen LogP contribution is 2.46. The Hall–Kier alpha value is -3.71. The average molecular weight is 381 g/mol. The van der Waals surface area contributed by atoms with E-state index in [0.717, 1.165) is 12.1 Å². The third kappa shape index (κ3) is 1.95. The molecule has 0 saturated heterocycles. The van der Waals surface area contributed by atoms with Gasteiger partial charge in [-0.3, -0.25) is 4.98 Å². The zero-order valence-corrected chi connectivity index (χ0v) is 16.7. The zero-order valence-electron chi connectivity index (χ0n) is 16.7. The summed E-state index contributed by atoms with van der Waals surface area (Å²) in [5, 5.41) is 10.7. The van der Waals surface area contributed by atoms with Gasteiger partial charge in [0.2, 0.25) is 0 Å². The van der Waals surface area contributed by atoms with Gasteiger partial charge in [-0.2, -0.15) is 0 Å². The molecule has 0 aliphatic heterocycles. The maximum atomic E-state index is 5.07. The average Bonchev–Trinajstić information content (AvgIpc) is 3.18. The van der Waals surface area contributed by atoms with Crippen molar-refractivity contribution < 1.29 is 0 Å². The van der Waals surface area contributed by atoms with Crippen LogP contribution in [-0.4, -0.2) is 4.98 Å². The first-order chi connectivity index (χ1) is 14.8. The highest BCUT2D eigenvalue weighted by Gasteiger charge is 2.26. The van der Waals surface area contributed by atoms with Crippen molar-refractivity contribution in [3.63, 3.8) is 0 Å². The molecule has 6 aromatic rings. The van der Waals surface area contributed by atoms with Crippen molar-refractivity contribution >= 4 is 43.1 Å². The van der Waals surface area contributed by atoms with Gasteiger partial charge in [0.25, 0.3) is 0 Å². The Labute approximate surface area is 174 Å². The molecule has 0 amide bonds. The van der Waals surface area contributed by atoms with Crippen LogP contribution in [0.2, 0.25) is 0 Å².